The van der Waals surface area contributed by atoms with Gasteiger partial charge in [0.15, 0.2) is 0 Å². The number of amides is 1. The Balaban J connectivity index is 1.97. The third-order valence-corrected chi connectivity index (χ3v) is 3.96. The van der Waals surface area contributed by atoms with Crippen LogP contribution in [0.2, 0.25) is 5.02 Å². The molecule has 1 saturated carbocycles. The molecule has 108 valence electrons. The highest BCUT2D eigenvalue weighted by molar-refractivity contribution is 6.30. The summed E-state index contributed by atoms with van der Waals surface area (Å²) < 4.78 is 0. The molecule has 1 amide bonds. The minimum atomic E-state index is -0.0245. The van der Waals surface area contributed by atoms with E-state index >= 15 is 0 Å². The molecule has 2 atom stereocenters. The van der Waals surface area contributed by atoms with Crippen LogP contribution in [0.5, 0.6) is 0 Å². The van der Waals surface area contributed by atoms with Gasteiger partial charge in [0.2, 0.25) is 5.91 Å². The molecular formula is C16H16ClN3O. The van der Waals surface area contributed by atoms with E-state index in [-0.39, 0.29) is 17.7 Å². The Labute approximate surface area is 129 Å². The molecule has 1 aliphatic rings. The van der Waals surface area contributed by atoms with E-state index in [4.69, 9.17) is 22.1 Å². The molecule has 1 aromatic rings. The van der Waals surface area contributed by atoms with Gasteiger partial charge in [0.25, 0.3) is 0 Å². The molecule has 4 nitrogen and oxygen atoms in total. The zero-order chi connectivity index (χ0) is 15.2. The Morgan fingerprint density at radius 2 is 1.76 bits per heavy atom. The summed E-state index contributed by atoms with van der Waals surface area (Å²) in [6, 6.07) is 11.7. The predicted octanol–water partition coefficient (Wildman–Crippen LogP) is 3.10. The monoisotopic (exact) mass is 301 g/mol. The van der Waals surface area contributed by atoms with E-state index in [2.05, 4.69) is 0 Å². The van der Waals surface area contributed by atoms with Gasteiger partial charge in [-0.2, -0.15) is 10.5 Å². The fourth-order valence-corrected chi connectivity index (χ4v) is 2.61. The smallest absolute Gasteiger partial charge is 0.226 e. The number of carbonyl (C=O) groups excluding carboxylic acids is 1. The lowest BCUT2D eigenvalue weighted by Gasteiger charge is -2.20. The molecule has 0 aliphatic heterocycles. The molecule has 1 fully saturated rings. The average molecular weight is 302 g/mol. The highest BCUT2D eigenvalue weighted by atomic mass is 35.5. The predicted molar refractivity (Wildman–Crippen MR) is 79.3 cm³/mol. The lowest BCUT2D eigenvalue weighted by atomic mass is 10.1. The van der Waals surface area contributed by atoms with E-state index in [0.717, 1.165) is 12.0 Å². The Bertz CT molecular complexity index is 567. The first-order chi connectivity index (χ1) is 10.2. The highest BCUT2D eigenvalue weighted by Gasteiger charge is 2.45. The molecule has 5 heteroatoms. The van der Waals surface area contributed by atoms with Gasteiger partial charge < -0.3 is 4.90 Å². The third-order valence-electron chi connectivity index (χ3n) is 3.70. The van der Waals surface area contributed by atoms with Gasteiger partial charge in [-0.05, 0) is 30.0 Å². The molecule has 0 N–H and O–H groups in total. The average Bonchev–Trinajstić information content (AvgIpc) is 3.28. The fraction of sp³-hybridized carbons (Fsp3) is 0.438. The van der Waals surface area contributed by atoms with Crippen LogP contribution in [-0.4, -0.2) is 23.9 Å². The number of carbonyl (C=O) groups is 1. The zero-order valence-electron chi connectivity index (χ0n) is 11.6. The van der Waals surface area contributed by atoms with E-state index < -0.39 is 0 Å². The molecular weight excluding hydrogens is 286 g/mol. The summed E-state index contributed by atoms with van der Waals surface area (Å²) >= 11 is 5.86. The van der Waals surface area contributed by atoms with Gasteiger partial charge in [-0.15, -0.1) is 0 Å². The molecule has 0 heterocycles. The molecule has 0 spiro atoms. The second-order valence-electron chi connectivity index (χ2n) is 5.14. The summed E-state index contributed by atoms with van der Waals surface area (Å²) in [5, 5.41) is 18.0. The van der Waals surface area contributed by atoms with Crippen LogP contribution in [0, 0.1) is 28.6 Å². The van der Waals surface area contributed by atoms with E-state index in [1.54, 1.807) is 4.90 Å². The topological polar surface area (TPSA) is 67.9 Å². The lowest BCUT2D eigenvalue weighted by molar-refractivity contribution is -0.132. The van der Waals surface area contributed by atoms with Gasteiger partial charge in [0, 0.05) is 24.0 Å². The highest BCUT2D eigenvalue weighted by Crippen LogP contribution is 2.48. The Hall–Kier alpha value is -2.04. The van der Waals surface area contributed by atoms with E-state index in [9.17, 15) is 4.79 Å². The second-order valence-corrected chi connectivity index (χ2v) is 5.58. The normalized spacial score (nSPS) is 19.4. The van der Waals surface area contributed by atoms with Gasteiger partial charge >= 0.3 is 0 Å². The Kier molecular flexibility index (Phi) is 5.20. The van der Waals surface area contributed by atoms with Crippen molar-refractivity contribution >= 4 is 17.5 Å². The maximum absolute atomic E-state index is 12.4. The largest absolute Gasteiger partial charge is 0.340 e. The van der Waals surface area contributed by atoms with Crippen LogP contribution < -0.4 is 0 Å². The zero-order valence-corrected chi connectivity index (χ0v) is 12.4. The number of benzene rings is 1. The van der Waals surface area contributed by atoms with Crippen LogP contribution in [0.4, 0.5) is 0 Å². The van der Waals surface area contributed by atoms with E-state index in [0.29, 0.717) is 31.0 Å². The molecule has 0 unspecified atom stereocenters. The quantitative estimate of drug-likeness (QED) is 0.810. The summed E-state index contributed by atoms with van der Waals surface area (Å²) in [5.74, 6) is 0.269. The molecule has 2 rings (SSSR count). The van der Waals surface area contributed by atoms with Crippen LogP contribution >= 0.6 is 11.6 Å². The number of hydrogen-bond acceptors (Lipinski definition) is 3. The lowest BCUT2D eigenvalue weighted by Crippen LogP contribution is -2.34. The van der Waals surface area contributed by atoms with Crippen molar-refractivity contribution in [3.63, 3.8) is 0 Å². The van der Waals surface area contributed by atoms with Crippen LogP contribution in [0.1, 0.15) is 30.7 Å². The second kappa shape index (κ2) is 7.11. The van der Waals surface area contributed by atoms with Crippen molar-refractivity contribution in [1.82, 2.24) is 4.90 Å². The standard InChI is InChI=1S/C16H16ClN3O/c17-13-5-3-12(4-6-13)14-11-15(14)16(21)20(9-1-7-18)10-2-8-19/h3-6,14-15H,1-2,9-11H2/t14-,15+/m1/s1. The molecule has 0 saturated heterocycles. The first-order valence-electron chi connectivity index (χ1n) is 6.95. The maximum atomic E-state index is 12.4. The van der Waals surface area contributed by atoms with Crippen LogP contribution in [0.25, 0.3) is 0 Å². The van der Waals surface area contributed by atoms with Crippen molar-refractivity contribution in [3.05, 3.63) is 34.9 Å². The molecule has 0 aromatic heterocycles. The van der Waals surface area contributed by atoms with E-state index in [1.807, 2.05) is 36.4 Å². The fourth-order valence-electron chi connectivity index (χ4n) is 2.48. The molecule has 0 radical (unpaired) electrons. The Morgan fingerprint density at radius 1 is 1.19 bits per heavy atom. The number of hydrogen-bond donors (Lipinski definition) is 0. The van der Waals surface area contributed by atoms with E-state index in [1.165, 1.54) is 0 Å². The van der Waals surface area contributed by atoms with Gasteiger partial charge in [-0.25, -0.2) is 0 Å². The van der Waals surface area contributed by atoms with Gasteiger partial charge in [-0.3, -0.25) is 4.79 Å². The van der Waals surface area contributed by atoms with Gasteiger partial charge in [0.1, 0.15) is 0 Å². The number of halogens is 1. The molecule has 21 heavy (non-hydrogen) atoms. The summed E-state index contributed by atoms with van der Waals surface area (Å²) in [4.78, 5) is 14.1. The van der Waals surface area contributed by atoms with Crippen LogP contribution in [0.3, 0.4) is 0 Å². The molecule has 0 bridgehead atoms. The summed E-state index contributed by atoms with van der Waals surface area (Å²) in [7, 11) is 0. The SMILES string of the molecule is N#CCCN(CCC#N)C(=O)[C@H]1C[C@@H]1c1ccc(Cl)cc1. The minimum Gasteiger partial charge on any atom is -0.340 e. The van der Waals surface area contributed by atoms with Crippen molar-refractivity contribution in [2.45, 2.75) is 25.2 Å². The summed E-state index contributed by atoms with van der Waals surface area (Å²) in [6.07, 6.45) is 1.43. The Morgan fingerprint density at radius 3 is 2.29 bits per heavy atom. The van der Waals surface area contributed by atoms with Gasteiger partial charge in [-0.1, -0.05) is 23.7 Å². The first kappa shape index (κ1) is 15.4. The number of nitrogens with zero attached hydrogens (tertiary/aromatic N) is 3. The minimum absolute atomic E-state index is 0.0245. The van der Waals surface area contributed by atoms with Crippen LogP contribution in [0.15, 0.2) is 24.3 Å². The maximum Gasteiger partial charge on any atom is 0.226 e. The summed E-state index contributed by atoms with van der Waals surface area (Å²) in [6.45, 7) is 0.807. The number of rotatable bonds is 6. The first-order valence-corrected chi connectivity index (χ1v) is 7.33. The van der Waals surface area contributed by atoms with Crippen molar-refractivity contribution < 1.29 is 4.79 Å². The van der Waals surface area contributed by atoms with Crippen LogP contribution in [-0.2, 0) is 4.79 Å². The molecule has 1 aliphatic carbocycles. The summed E-state index contributed by atoms with van der Waals surface area (Å²) in [5.41, 5.74) is 1.12. The van der Waals surface area contributed by atoms with Crippen molar-refractivity contribution in [3.8, 4) is 12.1 Å². The van der Waals surface area contributed by atoms with Crippen molar-refractivity contribution in [1.29, 1.82) is 10.5 Å². The van der Waals surface area contributed by atoms with Gasteiger partial charge in [0.05, 0.1) is 25.0 Å². The van der Waals surface area contributed by atoms with Crippen molar-refractivity contribution in [2.75, 3.05) is 13.1 Å². The molecule has 1 aromatic carbocycles. The van der Waals surface area contributed by atoms with Crippen molar-refractivity contribution in [2.24, 2.45) is 5.92 Å². The number of nitriles is 2. The third kappa shape index (κ3) is 3.97.